The van der Waals surface area contributed by atoms with Crippen LogP contribution in [0, 0.1) is 26.2 Å². The summed E-state index contributed by atoms with van der Waals surface area (Å²) >= 11 is 0. The summed E-state index contributed by atoms with van der Waals surface area (Å²) in [6, 6.07) is 4.16. The van der Waals surface area contributed by atoms with Gasteiger partial charge in [0.25, 0.3) is 5.91 Å². The van der Waals surface area contributed by atoms with Crippen LogP contribution < -0.4 is 10.6 Å². The van der Waals surface area contributed by atoms with Gasteiger partial charge in [-0.05, 0) is 63.2 Å². The van der Waals surface area contributed by atoms with Gasteiger partial charge in [-0.1, -0.05) is 24.6 Å². The van der Waals surface area contributed by atoms with Gasteiger partial charge in [-0.15, -0.1) is 0 Å². The Kier molecular flexibility index (Phi) is 4.48. The maximum atomic E-state index is 12.5. The van der Waals surface area contributed by atoms with E-state index >= 15 is 0 Å². The molecule has 2 rings (SSSR count). The zero-order chi connectivity index (χ0) is 14.8. The highest BCUT2D eigenvalue weighted by molar-refractivity contribution is 5.97. The quantitative estimate of drug-likeness (QED) is 0.890. The van der Waals surface area contributed by atoms with E-state index in [-0.39, 0.29) is 11.3 Å². The third kappa shape index (κ3) is 3.40. The maximum absolute atomic E-state index is 12.5. The Balaban J connectivity index is 2.05. The van der Waals surface area contributed by atoms with Crippen LogP contribution in [0.3, 0.4) is 0 Å². The molecule has 20 heavy (non-hydrogen) atoms. The molecule has 3 heteroatoms. The largest absolute Gasteiger partial charge is 0.351 e. The Bertz CT molecular complexity index is 479. The molecule has 1 aliphatic rings. The fourth-order valence-corrected chi connectivity index (χ4v) is 3.13. The van der Waals surface area contributed by atoms with E-state index in [2.05, 4.69) is 36.6 Å². The number of amides is 1. The van der Waals surface area contributed by atoms with Gasteiger partial charge >= 0.3 is 0 Å². The van der Waals surface area contributed by atoms with Gasteiger partial charge < -0.3 is 10.6 Å². The molecule has 1 aromatic carbocycles. The molecule has 0 spiro atoms. The maximum Gasteiger partial charge on any atom is 0.251 e. The smallest absolute Gasteiger partial charge is 0.251 e. The molecule has 1 aliphatic heterocycles. The van der Waals surface area contributed by atoms with Gasteiger partial charge in [0.1, 0.15) is 0 Å². The van der Waals surface area contributed by atoms with E-state index in [0.717, 1.165) is 49.2 Å². The molecule has 0 aliphatic carbocycles. The van der Waals surface area contributed by atoms with Crippen LogP contribution in [0.1, 0.15) is 46.8 Å². The number of benzene rings is 1. The van der Waals surface area contributed by atoms with Crippen LogP contribution in [0.25, 0.3) is 0 Å². The zero-order valence-corrected chi connectivity index (χ0v) is 13.1. The van der Waals surface area contributed by atoms with Crippen molar-refractivity contribution in [1.82, 2.24) is 10.6 Å². The molecule has 1 saturated heterocycles. The van der Waals surface area contributed by atoms with Crippen molar-refractivity contribution in [2.24, 2.45) is 5.41 Å². The van der Waals surface area contributed by atoms with Crippen LogP contribution >= 0.6 is 0 Å². The van der Waals surface area contributed by atoms with Crippen molar-refractivity contribution in [3.8, 4) is 0 Å². The Morgan fingerprint density at radius 3 is 2.30 bits per heavy atom. The van der Waals surface area contributed by atoms with Gasteiger partial charge in [-0.2, -0.15) is 0 Å². The number of nitrogens with one attached hydrogen (secondary N) is 2. The first-order chi connectivity index (χ1) is 9.41. The van der Waals surface area contributed by atoms with Gasteiger partial charge in [0, 0.05) is 12.1 Å². The van der Waals surface area contributed by atoms with E-state index in [1.165, 1.54) is 5.56 Å². The van der Waals surface area contributed by atoms with E-state index in [1.807, 2.05) is 13.8 Å². The Labute approximate surface area is 122 Å². The standard InChI is InChI=1S/C17H26N2O/c1-12-9-13(2)15(14(3)10-12)16(20)19-11-17(4)5-7-18-8-6-17/h9-10,18H,5-8,11H2,1-4H3,(H,19,20). The van der Waals surface area contributed by atoms with Crippen molar-refractivity contribution in [2.45, 2.75) is 40.5 Å². The Morgan fingerprint density at radius 1 is 1.20 bits per heavy atom. The Morgan fingerprint density at radius 2 is 1.75 bits per heavy atom. The summed E-state index contributed by atoms with van der Waals surface area (Å²) in [5, 5.41) is 6.51. The first kappa shape index (κ1) is 15.0. The van der Waals surface area contributed by atoms with Crippen LogP contribution in [0.2, 0.25) is 0 Å². The van der Waals surface area contributed by atoms with E-state index in [9.17, 15) is 4.79 Å². The highest BCUT2D eigenvalue weighted by Crippen LogP contribution is 2.27. The van der Waals surface area contributed by atoms with Crippen molar-refractivity contribution in [3.05, 3.63) is 34.4 Å². The molecule has 0 aromatic heterocycles. The number of rotatable bonds is 3. The second kappa shape index (κ2) is 5.96. The van der Waals surface area contributed by atoms with Crippen molar-refractivity contribution in [1.29, 1.82) is 0 Å². The minimum Gasteiger partial charge on any atom is -0.351 e. The lowest BCUT2D eigenvalue weighted by Crippen LogP contribution is -2.43. The summed E-state index contributed by atoms with van der Waals surface area (Å²) in [5.41, 5.74) is 4.41. The molecule has 1 heterocycles. The third-order valence-electron chi connectivity index (χ3n) is 4.39. The van der Waals surface area contributed by atoms with Crippen molar-refractivity contribution < 1.29 is 4.79 Å². The number of hydrogen-bond donors (Lipinski definition) is 2. The summed E-state index contributed by atoms with van der Waals surface area (Å²) in [6.45, 7) is 11.2. The molecule has 1 fully saturated rings. The first-order valence-corrected chi connectivity index (χ1v) is 7.48. The molecular formula is C17H26N2O. The summed E-state index contributed by atoms with van der Waals surface area (Å²) in [4.78, 5) is 12.5. The summed E-state index contributed by atoms with van der Waals surface area (Å²) in [5.74, 6) is 0.0692. The molecule has 1 aromatic rings. The molecule has 1 amide bonds. The monoisotopic (exact) mass is 274 g/mol. The first-order valence-electron chi connectivity index (χ1n) is 7.48. The molecule has 0 saturated carbocycles. The molecule has 0 atom stereocenters. The SMILES string of the molecule is Cc1cc(C)c(C(=O)NCC2(C)CCNCC2)c(C)c1. The van der Waals surface area contributed by atoms with Crippen LogP contribution in [-0.2, 0) is 0 Å². The lowest BCUT2D eigenvalue weighted by atomic mass is 9.81. The Hall–Kier alpha value is -1.35. The number of carbonyl (C=O) groups is 1. The highest BCUT2D eigenvalue weighted by Gasteiger charge is 2.27. The zero-order valence-electron chi connectivity index (χ0n) is 13.1. The normalized spacial score (nSPS) is 17.8. The average Bonchev–Trinajstić information content (AvgIpc) is 2.36. The molecule has 0 bridgehead atoms. The summed E-state index contributed by atoms with van der Waals surface area (Å²) < 4.78 is 0. The van der Waals surface area contributed by atoms with Crippen LogP contribution in [-0.4, -0.2) is 25.5 Å². The lowest BCUT2D eigenvalue weighted by Gasteiger charge is -2.34. The van der Waals surface area contributed by atoms with Gasteiger partial charge in [0.2, 0.25) is 0 Å². The third-order valence-corrected chi connectivity index (χ3v) is 4.39. The second-order valence-corrected chi connectivity index (χ2v) is 6.52. The van der Waals surface area contributed by atoms with Gasteiger partial charge in [0.15, 0.2) is 0 Å². The molecular weight excluding hydrogens is 248 g/mol. The van der Waals surface area contributed by atoms with E-state index in [1.54, 1.807) is 0 Å². The predicted octanol–water partition coefficient (Wildman–Crippen LogP) is 2.73. The van der Waals surface area contributed by atoms with Crippen molar-refractivity contribution in [2.75, 3.05) is 19.6 Å². The predicted molar refractivity (Wildman–Crippen MR) is 83.2 cm³/mol. The molecule has 110 valence electrons. The van der Waals surface area contributed by atoms with Gasteiger partial charge in [0.05, 0.1) is 0 Å². The highest BCUT2D eigenvalue weighted by atomic mass is 16.1. The minimum absolute atomic E-state index is 0.0692. The number of hydrogen-bond acceptors (Lipinski definition) is 2. The minimum atomic E-state index is 0.0692. The fourth-order valence-electron chi connectivity index (χ4n) is 3.13. The van der Waals surface area contributed by atoms with E-state index in [0.29, 0.717) is 0 Å². The average molecular weight is 274 g/mol. The lowest BCUT2D eigenvalue weighted by molar-refractivity contribution is 0.0921. The number of carbonyl (C=O) groups excluding carboxylic acids is 1. The van der Waals surface area contributed by atoms with Gasteiger partial charge in [-0.3, -0.25) is 4.79 Å². The fraction of sp³-hybridized carbons (Fsp3) is 0.588. The number of piperidine rings is 1. The van der Waals surface area contributed by atoms with Crippen LogP contribution in [0.4, 0.5) is 0 Å². The summed E-state index contributed by atoms with van der Waals surface area (Å²) in [7, 11) is 0. The van der Waals surface area contributed by atoms with Crippen molar-refractivity contribution >= 4 is 5.91 Å². The van der Waals surface area contributed by atoms with Crippen LogP contribution in [0.15, 0.2) is 12.1 Å². The molecule has 3 nitrogen and oxygen atoms in total. The van der Waals surface area contributed by atoms with Crippen molar-refractivity contribution in [3.63, 3.8) is 0 Å². The number of aryl methyl sites for hydroxylation is 3. The second-order valence-electron chi connectivity index (χ2n) is 6.52. The van der Waals surface area contributed by atoms with Gasteiger partial charge in [-0.25, -0.2) is 0 Å². The van der Waals surface area contributed by atoms with Crippen LogP contribution in [0.5, 0.6) is 0 Å². The van der Waals surface area contributed by atoms with E-state index < -0.39 is 0 Å². The molecule has 0 radical (unpaired) electrons. The molecule has 2 N–H and O–H groups in total. The summed E-state index contributed by atoms with van der Waals surface area (Å²) in [6.07, 6.45) is 2.25. The molecule has 0 unspecified atom stereocenters. The van der Waals surface area contributed by atoms with E-state index in [4.69, 9.17) is 0 Å². The topological polar surface area (TPSA) is 41.1 Å².